The van der Waals surface area contributed by atoms with E-state index in [2.05, 4.69) is 31.3 Å². The van der Waals surface area contributed by atoms with Crippen LogP contribution in [-0.4, -0.2) is 87.5 Å². The summed E-state index contributed by atoms with van der Waals surface area (Å²) in [5.74, 6) is -0.180. The lowest BCUT2D eigenvalue weighted by molar-refractivity contribution is -0.302. The van der Waals surface area contributed by atoms with Crippen LogP contribution in [0.4, 0.5) is 0 Å². The maximum Gasteiger partial charge on any atom is 0.220 e. The molecule has 9 heteroatoms. The van der Waals surface area contributed by atoms with Gasteiger partial charge in [-0.15, -0.1) is 0 Å². The Balaban J connectivity index is 2.09. The number of carbonyl (C=O) groups is 1. The summed E-state index contributed by atoms with van der Waals surface area (Å²) in [5, 5.41) is 54.5. The fourth-order valence-corrected chi connectivity index (χ4v) is 10.5. The van der Waals surface area contributed by atoms with Crippen LogP contribution in [0.15, 0.2) is 24.3 Å². The Morgan fingerprint density at radius 3 is 1.15 bits per heavy atom. The third-order valence-electron chi connectivity index (χ3n) is 15.5. The SMILES string of the molecule is CCCCCCCCCCCC/C=C/CC/C=C/C(O)C(COC1OC(CO)C(O)C(O)C1O)NC(=O)CCCCCCCCCCCCCCCCCCCCCCCCCCCCCCCCCCCC. The number of nitrogens with one attached hydrogen (secondary N) is 1. The van der Waals surface area contributed by atoms with E-state index < -0.39 is 49.5 Å². The number of aliphatic hydroxyl groups excluding tert-OH is 5. The smallest absolute Gasteiger partial charge is 0.220 e. The largest absolute Gasteiger partial charge is 0.394 e. The van der Waals surface area contributed by atoms with Crippen molar-refractivity contribution in [1.82, 2.24) is 5.32 Å². The van der Waals surface area contributed by atoms with Gasteiger partial charge in [0, 0.05) is 6.42 Å². The normalized spacial score (nSPS) is 19.1. The highest BCUT2D eigenvalue weighted by molar-refractivity contribution is 5.76. The Hall–Kier alpha value is -1.33. The van der Waals surface area contributed by atoms with E-state index in [1.807, 2.05) is 6.08 Å². The van der Waals surface area contributed by atoms with E-state index in [-0.39, 0.29) is 12.5 Å². The van der Waals surface area contributed by atoms with E-state index in [0.717, 1.165) is 38.5 Å². The molecule has 7 atom stereocenters. The van der Waals surface area contributed by atoms with Gasteiger partial charge in [-0.25, -0.2) is 0 Å². The summed E-state index contributed by atoms with van der Waals surface area (Å²) < 4.78 is 11.3. The molecule has 0 bridgehead atoms. The molecule has 1 rings (SSSR count). The van der Waals surface area contributed by atoms with Crippen molar-refractivity contribution in [3.8, 4) is 0 Å². The van der Waals surface area contributed by atoms with Crippen molar-refractivity contribution < 1.29 is 39.8 Å². The number of allylic oxidation sites excluding steroid dienone is 3. The summed E-state index contributed by atoms with van der Waals surface area (Å²) in [4.78, 5) is 13.1. The van der Waals surface area contributed by atoms with E-state index in [4.69, 9.17) is 9.47 Å². The topological polar surface area (TPSA) is 149 Å². The third kappa shape index (κ3) is 43.4. The van der Waals surface area contributed by atoms with Gasteiger partial charge in [-0.3, -0.25) is 4.79 Å². The van der Waals surface area contributed by atoms with Crippen LogP contribution in [0.5, 0.6) is 0 Å². The molecule has 0 aromatic carbocycles. The summed E-state index contributed by atoms with van der Waals surface area (Å²) >= 11 is 0. The summed E-state index contributed by atoms with van der Waals surface area (Å²) in [6.45, 7) is 3.80. The molecule has 73 heavy (non-hydrogen) atoms. The van der Waals surface area contributed by atoms with Gasteiger partial charge < -0.3 is 40.3 Å². The highest BCUT2D eigenvalue weighted by atomic mass is 16.7. The van der Waals surface area contributed by atoms with E-state index >= 15 is 0 Å². The van der Waals surface area contributed by atoms with Gasteiger partial charge in [-0.2, -0.15) is 0 Å². The molecular weight excluding hydrogens is 911 g/mol. The lowest BCUT2D eigenvalue weighted by Crippen LogP contribution is -2.60. The predicted molar refractivity (Wildman–Crippen MR) is 309 cm³/mol. The standard InChI is InChI=1S/C64H123NO8/c1-3-5-7-9-11-13-15-17-19-21-22-23-24-25-26-27-28-29-30-31-32-33-34-35-36-37-38-40-42-44-46-48-50-52-54-60(68)65-57(56-72-64-63(71)62(70)61(69)59(55-66)73-64)58(67)53-51-49-47-45-43-41-39-20-18-16-14-12-10-8-6-4-2/h43,45,51,53,57-59,61-64,66-67,69-71H,3-42,44,46-50,52,54-56H2,1-2H3,(H,65,68)/b45-43+,53-51+. The number of amides is 1. The zero-order valence-corrected chi connectivity index (χ0v) is 48.2. The molecule has 0 aromatic rings. The van der Waals surface area contributed by atoms with Crippen molar-refractivity contribution in [2.75, 3.05) is 13.2 Å². The number of carbonyl (C=O) groups excluding carboxylic acids is 1. The van der Waals surface area contributed by atoms with Gasteiger partial charge in [0.25, 0.3) is 0 Å². The molecule has 0 saturated carbocycles. The molecule has 1 saturated heterocycles. The first-order valence-electron chi connectivity index (χ1n) is 32.1. The van der Waals surface area contributed by atoms with Crippen molar-refractivity contribution >= 4 is 5.91 Å². The quantitative estimate of drug-likeness (QED) is 0.0261. The minimum atomic E-state index is -1.57. The molecule has 0 radical (unpaired) electrons. The summed E-state index contributed by atoms with van der Waals surface area (Å²) in [6, 6.07) is -0.818. The molecule has 1 heterocycles. The van der Waals surface area contributed by atoms with Crippen LogP contribution < -0.4 is 5.32 Å². The Labute approximate surface area is 451 Å². The second kappa shape index (κ2) is 54.0. The molecule has 0 aliphatic carbocycles. The monoisotopic (exact) mass is 1030 g/mol. The summed E-state index contributed by atoms with van der Waals surface area (Å²) in [7, 11) is 0. The van der Waals surface area contributed by atoms with E-state index in [1.165, 1.54) is 263 Å². The first kappa shape index (κ1) is 69.7. The summed E-state index contributed by atoms with van der Waals surface area (Å²) in [5.41, 5.74) is 0. The van der Waals surface area contributed by atoms with Gasteiger partial charge in [0.05, 0.1) is 25.4 Å². The highest BCUT2D eigenvalue weighted by Gasteiger charge is 2.44. The van der Waals surface area contributed by atoms with E-state index in [1.54, 1.807) is 6.08 Å². The van der Waals surface area contributed by atoms with Crippen LogP contribution in [0.3, 0.4) is 0 Å². The predicted octanol–water partition coefficient (Wildman–Crippen LogP) is 16.5. The van der Waals surface area contributed by atoms with Gasteiger partial charge in [-0.1, -0.05) is 308 Å². The molecule has 1 fully saturated rings. The lowest BCUT2D eigenvalue weighted by Gasteiger charge is -2.40. The zero-order valence-electron chi connectivity index (χ0n) is 48.2. The molecule has 0 spiro atoms. The van der Waals surface area contributed by atoms with Crippen LogP contribution in [0.25, 0.3) is 0 Å². The Morgan fingerprint density at radius 2 is 0.781 bits per heavy atom. The van der Waals surface area contributed by atoms with E-state index in [9.17, 15) is 30.3 Å². The van der Waals surface area contributed by atoms with Crippen molar-refractivity contribution in [2.24, 2.45) is 0 Å². The van der Waals surface area contributed by atoms with Crippen LogP contribution in [0, 0.1) is 0 Å². The van der Waals surface area contributed by atoms with Gasteiger partial charge in [0.1, 0.15) is 24.4 Å². The number of hydrogen-bond donors (Lipinski definition) is 6. The van der Waals surface area contributed by atoms with Crippen LogP contribution in [0.1, 0.15) is 322 Å². The molecule has 9 nitrogen and oxygen atoms in total. The molecule has 7 unspecified atom stereocenters. The molecular formula is C64H123NO8. The molecule has 1 amide bonds. The Kier molecular flexibility index (Phi) is 51.6. The number of aliphatic hydroxyl groups is 5. The fourth-order valence-electron chi connectivity index (χ4n) is 10.5. The number of ether oxygens (including phenoxy) is 2. The molecule has 1 aliphatic heterocycles. The first-order chi connectivity index (χ1) is 35.8. The fraction of sp³-hybridized carbons (Fsp3) is 0.922. The maximum atomic E-state index is 13.1. The summed E-state index contributed by atoms with van der Waals surface area (Å²) in [6.07, 6.45) is 62.9. The maximum absolute atomic E-state index is 13.1. The first-order valence-corrected chi connectivity index (χ1v) is 32.1. The van der Waals surface area contributed by atoms with E-state index in [0.29, 0.717) is 6.42 Å². The molecule has 0 aromatic heterocycles. The van der Waals surface area contributed by atoms with Crippen molar-refractivity contribution in [2.45, 2.75) is 365 Å². The minimum absolute atomic E-state index is 0.180. The highest BCUT2D eigenvalue weighted by Crippen LogP contribution is 2.23. The molecule has 432 valence electrons. The average Bonchev–Trinajstić information content (AvgIpc) is 3.39. The van der Waals surface area contributed by atoms with Gasteiger partial charge >= 0.3 is 0 Å². The van der Waals surface area contributed by atoms with Crippen molar-refractivity contribution in [3.05, 3.63) is 24.3 Å². The second-order valence-corrected chi connectivity index (χ2v) is 22.6. The van der Waals surface area contributed by atoms with Crippen LogP contribution in [-0.2, 0) is 14.3 Å². The second-order valence-electron chi connectivity index (χ2n) is 22.6. The van der Waals surface area contributed by atoms with Crippen LogP contribution in [0.2, 0.25) is 0 Å². The number of hydrogen-bond acceptors (Lipinski definition) is 8. The molecule has 1 aliphatic rings. The van der Waals surface area contributed by atoms with Gasteiger partial charge in [-0.05, 0) is 32.1 Å². The minimum Gasteiger partial charge on any atom is -0.394 e. The third-order valence-corrected chi connectivity index (χ3v) is 15.5. The number of rotatable bonds is 56. The number of unbranched alkanes of at least 4 members (excludes halogenated alkanes) is 44. The average molecular weight is 1030 g/mol. The van der Waals surface area contributed by atoms with Crippen LogP contribution >= 0.6 is 0 Å². The Morgan fingerprint density at radius 1 is 0.452 bits per heavy atom. The lowest BCUT2D eigenvalue weighted by atomic mass is 9.99. The van der Waals surface area contributed by atoms with Crippen molar-refractivity contribution in [3.63, 3.8) is 0 Å². The van der Waals surface area contributed by atoms with Crippen molar-refractivity contribution in [1.29, 1.82) is 0 Å². The molecule has 6 N–H and O–H groups in total. The Bertz CT molecular complexity index is 1200. The van der Waals surface area contributed by atoms with Gasteiger partial charge in [0.15, 0.2) is 6.29 Å². The van der Waals surface area contributed by atoms with Gasteiger partial charge in [0.2, 0.25) is 5.91 Å². The zero-order chi connectivity index (χ0) is 52.9.